The van der Waals surface area contributed by atoms with Crippen LogP contribution in [-0.2, 0) is 4.79 Å². The molecule has 5 heteroatoms. The van der Waals surface area contributed by atoms with Crippen LogP contribution in [0.5, 0.6) is 0 Å². The van der Waals surface area contributed by atoms with Crippen LogP contribution in [0.2, 0.25) is 0 Å². The molecule has 3 N–H and O–H groups in total. The Kier molecular flexibility index (Phi) is 3.96. The maximum atomic E-state index is 10.9. The largest absolute Gasteiger partial charge is 0.457 e. The number of rotatable bonds is 3. The van der Waals surface area contributed by atoms with E-state index in [1.165, 1.54) is 6.08 Å². The van der Waals surface area contributed by atoms with Crippen molar-refractivity contribution in [1.82, 2.24) is 5.43 Å². The summed E-state index contributed by atoms with van der Waals surface area (Å²) in [5.41, 5.74) is 2.97. The number of hydrogen-bond donors (Lipinski definition) is 2. The average Bonchev–Trinajstić information content (AvgIpc) is 2.84. The van der Waals surface area contributed by atoms with E-state index in [-0.39, 0.29) is 5.91 Å². The highest BCUT2D eigenvalue weighted by molar-refractivity contribution is 9.10. The van der Waals surface area contributed by atoms with Crippen LogP contribution >= 0.6 is 15.9 Å². The van der Waals surface area contributed by atoms with Crippen molar-refractivity contribution in [3.05, 3.63) is 52.7 Å². The molecule has 0 fully saturated rings. The van der Waals surface area contributed by atoms with Gasteiger partial charge in [0, 0.05) is 16.1 Å². The standard InChI is InChI=1S/C13H11BrN2O2/c14-10-3-1-2-9(8-10)12-6-4-11(18-12)5-7-13(17)16-15/h1-8H,15H2,(H,16,17)/b7-5+. The number of amides is 1. The molecule has 2 rings (SSSR count). The monoisotopic (exact) mass is 306 g/mol. The Bertz CT molecular complexity index is 590. The Labute approximate surface area is 113 Å². The summed E-state index contributed by atoms with van der Waals surface area (Å²) >= 11 is 3.40. The molecular weight excluding hydrogens is 296 g/mol. The van der Waals surface area contributed by atoms with Crippen LogP contribution in [0, 0.1) is 0 Å². The second kappa shape index (κ2) is 5.66. The summed E-state index contributed by atoms with van der Waals surface area (Å²) in [5.74, 6) is 5.91. The molecular formula is C13H11BrN2O2. The summed E-state index contributed by atoms with van der Waals surface area (Å²) < 4.78 is 6.57. The third-order valence-electron chi connectivity index (χ3n) is 2.28. The van der Waals surface area contributed by atoms with Crippen molar-refractivity contribution < 1.29 is 9.21 Å². The molecule has 1 heterocycles. The Balaban J connectivity index is 2.20. The summed E-state index contributed by atoms with van der Waals surface area (Å²) in [6.45, 7) is 0. The summed E-state index contributed by atoms with van der Waals surface area (Å²) in [4.78, 5) is 10.9. The van der Waals surface area contributed by atoms with Gasteiger partial charge in [-0.15, -0.1) is 0 Å². The Hall–Kier alpha value is -1.85. The van der Waals surface area contributed by atoms with E-state index in [4.69, 9.17) is 10.3 Å². The molecule has 92 valence electrons. The van der Waals surface area contributed by atoms with Gasteiger partial charge in [0.1, 0.15) is 11.5 Å². The lowest BCUT2D eigenvalue weighted by molar-refractivity contribution is -0.116. The predicted molar refractivity (Wildman–Crippen MR) is 73.2 cm³/mol. The normalized spacial score (nSPS) is 10.8. The quantitative estimate of drug-likeness (QED) is 0.396. The van der Waals surface area contributed by atoms with E-state index in [0.717, 1.165) is 15.8 Å². The molecule has 0 saturated heterocycles. The second-order valence-electron chi connectivity index (χ2n) is 3.55. The van der Waals surface area contributed by atoms with Crippen molar-refractivity contribution in [1.29, 1.82) is 0 Å². The molecule has 0 unspecified atom stereocenters. The molecule has 0 saturated carbocycles. The average molecular weight is 307 g/mol. The van der Waals surface area contributed by atoms with E-state index in [9.17, 15) is 4.79 Å². The zero-order chi connectivity index (χ0) is 13.0. The number of nitrogens with two attached hydrogens (primary N) is 1. The Morgan fingerprint density at radius 3 is 2.89 bits per heavy atom. The summed E-state index contributed by atoms with van der Waals surface area (Å²) in [6.07, 6.45) is 2.87. The fourth-order valence-electron chi connectivity index (χ4n) is 1.45. The van der Waals surface area contributed by atoms with Gasteiger partial charge in [0.05, 0.1) is 0 Å². The number of halogens is 1. The van der Waals surface area contributed by atoms with E-state index in [1.54, 1.807) is 12.1 Å². The van der Waals surface area contributed by atoms with Gasteiger partial charge in [-0.3, -0.25) is 10.2 Å². The first kappa shape index (κ1) is 12.6. The van der Waals surface area contributed by atoms with Gasteiger partial charge in [-0.2, -0.15) is 0 Å². The first-order chi connectivity index (χ1) is 8.69. The lowest BCUT2D eigenvalue weighted by atomic mass is 10.2. The lowest BCUT2D eigenvalue weighted by Gasteiger charge is -1.97. The highest BCUT2D eigenvalue weighted by Crippen LogP contribution is 2.25. The zero-order valence-electron chi connectivity index (χ0n) is 9.39. The van der Waals surface area contributed by atoms with E-state index >= 15 is 0 Å². The van der Waals surface area contributed by atoms with E-state index < -0.39 is 0 Å². The minimum absolute atomic E-state index is 0.379. The fourth-order valence-corrected chi connectivity index (χ4v) is 1.84. The molecule has 0 aliphatic heterocycles. The second-order valence-corrected chi connectivity index (χ2v) is 4.47. The van der Waals surface area contributed by atoms with Gasteiger partial charge in [-0.1, -0.05) is 28.1 Å². The minimum atomic E-state index is -0.379. The highest BCUT2D eigenvalue weighted by Gasteiger charge is 2.03. The van der Waals surface area contributed by atoms with Gasteiger partial charge in [-0.05, 0) is 30.3 Å². The first-order valence-electron chi connectivity index (χ1n) is 5.23. The third-order valence-corrected chi connectivity index (χ3v) is 2.77. The van der Waals surface area contributed by atoms with Crippen LogP contribution in [-0.4, -0.2) is 5.91 Å². The molecule has 4 nitrogen and oxygen atoms in total. The molecule has 1 aromatic carbocycles. The van der Waals surface area contributed by atoms with Crippen LogP contribution in [0.3, 0.4) is 0 Å². The molecule has 18 heavy (non-hydrogen) atoms. The molecule has 0 radical (unpaired) electrons. The molecule has 2 aromatic rings. The van der Waals surface area contributed by atoms with E-state index in [1.807, 2.05) is 35.8 Å². The van der Waals surface area contributed by atoms with Gasteiger partial charge >= 0.3 is 0 Å². The topological polar surface area (TPSA) is 68.3 Å². The molecule has 1 aromatic heterocycles. The molecule has 0 spiro atoms. The SMILES string of the molecule is NNC(=O)/C=C/c1ccc(-c2cccc(Br)c2)o1. The van der Waals surface area contributed by atoms with Crippen LogP contribution in [0.1, 0.15) is 5.76 Å². The van der Waals surface area contributed by atoms with Crippen LogP contribution in [0.4, 0.5) is 0 Å². The number of hydrogen-bond acceptors (Lipinski definition) is 3. The van der Waals surface area contributed by atoms with Crippen LogP contribution in [0.15, 0.2) is 51.4 Å². The van der Waals surface area contributed by atoms with E-state index in [2.05, 4.69) is 15.9 Å². The van der Waals surface area contributed by atoms with Crippen LogP contribution in [0.25, 0.3) is 17.4 Å². The number of carbonyl (C=O) groups excluding carboxylic acids is 1. The minimum Gasteiger partial charge on any atom is -0.457 e. The van der Waals surface area contributed by atoms with Gasteiger partial charge in [0.2, 0.25) is 0 Å². The van der Waals surface area contributed by atoms with E-state index in [0.29, 0.717) is 5.76 Å². The van der Waals surface area contributed by atoms with Gasteiger partial charge in [0.15, 0.2) is 0 Å². The van der Waals surface area contributed by atoms with Crippen molar-refractivity contribution in [2.75, 3.05) is 0 Å². The Morgan fingerprint density at radius 2 is 2.17 bits per heavy atom. The molecule has 0 bridgehead atoms. The van der Waals surface area contributed by atoms with Crippen molar-refractivity contribution in [3.63, 3.8) is 0 Å². The molecule has 0 aliphatic carbocycles. The lowest BCUT2D eigenvalue weighted by Crippen LogP contribution is -2.27. The molecule has 0 aliphatic rings. The summed E-state index contributed by atoms with van der Waals surface area (Å²) in [5, 5.41) is 0. The zero-order valence-corrected chi connectivity index (χ0v) is 11.0. The summed E-state index contributed by atoms with van der Waals surface area (Å²) in [7, 11) is 0. The van der Waals surface area contributed by atoms with Crippen molar-refractivity contribution >= 4 is 27.9 Å². The maximum absolute atomic E-state index is 10.9. The third kappa shape index (κ3) is 3.09. The maximum Gasteiger partial charge on any atom is 0.258 e. The van der Waals surface area contributed by atoms with Gasteiger partial charge in [0.25, 0.3) is 5.91 Å². The van der Waals surface area contributed by atoms with Crippen LogP contribution < -0.4 is 11.3 Å². The number of nitrogens with one attached hydrogen (secondary N) is 1. The molecule has 1 amide bonds. The Morgan fingerprint density at radius 1 is 1.33 bits per heavy atom. The first-order valence-corrected chi connectivity index (χ1v) is 6.03. The highest BCUT2D eigenvalue weighted by atomic mass is 79.9. The molecule has 0 atom stereocenters. The summed E-state index contributed by atoms with van der Waals surface area (Å²) in [6, 6.07) is 11.4. The van der Waals surface area contributed by atoms with Crippen molar-refractivity contribution in [3.8, 4) is 11.3 Å². The number of benzene rings is 1. The predicted octanol–water partition coefficient (Wildman–Crippen LogP) is 2.71. The van der Waals surface area contributed by atoms with Gasteiger partial charge in [-0.25, -0.2) is 5.84 Å². The fraction of sp³-hybridized carbons (Fsp3) is 0. The van der Waals surface area contributed by atoms with Crippen molar-refractivity contribution in [2.24, 2.45) is 5.84 Å². The number of furan rings is 1. The number of carbonyl (C=O) groups is 1. The smallest absolute Gasteiger partial charge is 0.258 e. The van der Waals surface area contributed by atoms with Crippen molar-refractivity contribution in [2.45, 2.75) is 0 Å². The number of hydrazine groups is 1. The van der Waals surface area contributed by atoms with Gasteiger partial charge < -0.3 is 4.42 Å².